The SMILES string of the molecule is COc1c(F)cc(C(C)C)cc1C(C(=O)O)N1CC[C@@H](N(CCCCCc2ccc3c(n2)NCCC3)CC(C)C)C1. The quantitative estimate of drug-likeness (QED) is 0.260. The van der Waals surface area contributed by atoms with Gasteiger partial charge in [0.05, 0.1) is 7.11 Å². The fraction of sp³-hybridized carbons (Fsp3) is 0.636. The van der Waals surface area contributed by atoms with Gasteiger partial charge in [0.25, 0.3) is 0 Å². The highest BCUT2D eigenvalue weighted by Crippen LogP contribution is 2.37. The second-order valence-corrected chi connectivity index (χ2v) is 12.5. The minimum Gasteiger partial charge on any atom is -0.493 e. The number of aromatic nitrogens is 1. The summed E-state index contributed by atoms with van der Waals surface area (Å²) in [6, 6.07) is 7.02. The number of benzene rings is 1. The van der Waals surface area contributed by atoms with Crippen LogP contribution in [-0.4, -0.2) is 71.7 Å². The first kappa shape index (κ1) is 31.2. The molecule has 0 radical (unpaired) electrons. The summed E-state index contributed by atoms with van der Waals surface area (Å²) >= 11 is 0. The van der Waals surface area contributed by atoms with Crippen LogP contribution in [0.25, 0.3) is 0 Å². The van der Waals surface area contributed by atoms with E-state index in [9.17, 15) is 14.3 Å². The number of nitrogens with zero attached hydrogens (tertiary/aromatic N) is 3. The van der Waals surface area contributed by atoms with Crippen molar-refractivity contribution in [1.29, 1.82) is 0 Å². The minimum absolute atomic E-state index is 0.0356. The van der Waals surface area contributed by atoms with E-state index in [0.29, 0.717) is 24.6 Å². The first-order valence-electron chi connectivity index (χ1n) is 15.5. The van der Waals surface area contributed by atoms with E-state index < -0.39 is 17.8 Å². The molecule has 1 saturated heterocycles. The number of fused-ring (bicyclic) bond motifs is 1. The zero-order valence-electron chi connectivity index (χ0n) is 25.6. The van der Waals surface area contributed by atoms with Gasteiger partial charge in [-0.2, -0.15) is 0 Å². The zero-order valence-corrected chi connectivity index (χ0v) is 25.6. The maximum Gasteiger partial charge on any atom is 0.325 e. The van der Waals surface area contributed by atoms with E-state index in [2.05, 4.69) is 36.2 Å². The number of aryl methyl sites for hydroxylation is 2. The number of anilines is 1. The molecule has 3 heterocycles. The maximum atomic E-state index is 15.0. The van der Waals surface area contributed by atoms with Crippen LogP contribution in [0.2, 0.25) is 0 Å². The van der Waals surface area contributed by atoms with Gasteiger partial charge in [0.1, 0.15) is 11.9 Å². The number of carboxylic acid groups (broad SMARTS) is 1. The third-order valence-corrected chi connectivity index (χ3v) is 8.50. The standard InChI is InChI=1S/C33H49FN4O3/c1-22(2)20-37(16-8-6-7-11-26-13-12-24-10-9-15-35-32(24)36-26)27-14-17-38(21-27)30(33(39)40)28-18-25(23(3)4)19-29(34)31(28)41-5/h12-13,18-19,22-23,27,30H,6-11,14-17,20-21H2,1-5H3,(H,35,36)(H,39,40)/t27-,30?/m1/s1. The van der Waals surface area contributed by atoms with Gasteiger partial charge in [0.15, 0.2) is 11.6 Å². The highest BCUT2D eigenvalue weighted by molar-refractivity contribution is 5.77. The second kappa shape index (κ2) is 14.5. The van der Waals surface area contributed by atoms with Gasteiger partial charge in [-0.1, -0.05) is 40.2 Å². The Morgan fingerprint density at radius 2 is 2.02 bits per heavy atom. The lowest BCUT2D eigenvalue weighted by Gasteiger charge is -2.32. The largest absolute Gasteiger partial charge is 0.493 e. The topological polar surface area (TPSA) is 77.9 Å². The number of carboxylic acids is 1. The summed E-state index contributed by atoms with van der Waals surface area (Å²) in [7, 11) is 1.41. The molecule has 2 aliphatic heterocycles. The molecule has 0 aliphatic carbocycles. The second-order valence-electron chi connectivity index (χ2n) is 12.5. The van der Waals surface area contributed by atoms with Crippen molar-refractivity contribution in [1.82, 2.24) is 14.8 Å². The van der Waals surface area contributed by atoms with Crippen molar-refractivity contribution in [2.24, 2.45) is 5.92 Å². The molecule has 0 spiro atoms. The fourth-order valence-electron chi connectivity index (χ4n) is 6.37. The Kier molecular flexibility index (Phi) is 11.0. The number of ether oxygens (including phenoxy) is 1. The van der Waals surface area contributed by atoms with Crippen molar-refractivity contribution in [3.63, 3.8) is 0 Å². The van der Waals surface area contributed by atoms with Crippen molar-refractivity contribution < 1.29 is 19.0 Å². The average Bonchev–Trinajstić information content (AvgIpc) is 3.41. The molecule has 2 N–H and O–H groups in total. The summed E-state index contributed by atoms with van der Waals surface area (Å²) < 4.78 is 20.3. The van der Waals surface area contributed by atoms with Gasteiger partial charge < -0.3 is 15.2 Å². The number of hydrogen-bond acceptors (Lipinski definition) is 6. The Hall–Kier alpha value is -2.71. The lowest BCUT2D eigenvalue weighted by atomic mass is 9.95. The van der Waals surface area contributed by atoms with Gasteiger partial charge >= 0.3 is 5.97 Å². The molecule has 1 aromatic carbocycles. The van der Waals surface area contributed by atoms with Crippen molar-refractivity contribution in [2.75, 3.05) is 45.2 Å². The van der Waals surface area contributed by atoms with Crippen LogP contribution in [0.3, 0.4) is 0 Å². The predicted octanol–water partition coefficient (Wildman–Crippen LogP) is 6.28. The van der Waals surface area contributed by atoms with Crippen molar-refractivity contribution in [3.05, 3.63) is 52.5 Å². The average molecular weight is 569 g/mol. The molecule has 4 rings (SSSR count). The summed E-state index contributed by atoms with van der Waals surface area (Å²) in [5.74, 6) is 0.233. The Balaban J connectivity index is 1.37. The summed E-state index contributed by atoms with van der Waals surface area (Å²) in [5.41, 5.74) is 3.68. The molecule has 1 aromatic heterocycles. The number of unbranched alkanes of at least 4 members (excludes halogenated alkanes) is 2. The maximum absolute atomic E-state index is 15.0. The van der Waals surface area contributed by atoms with E-state index in [1.165, 1.54) is 25.2 Å². The van der Waals surface area contributed by atoms with Crippen LogP contribution in [0.4, 0.5) is 10.2 Å². The Labute approximate surface area is 245 Å². The molecule has 41 heavy (non-hydrogen) atoms. The molecule has 7 nitrogen and oxygen atoms in total. The van der Waals surface area contributed by atoms with E-state index in [1.807, 2.05) is 24.8 Å². The van der Waals surface area contributed by atoms with Gasteiger partial charge in [-0.3, -0.25) is 14.6 Å². The van der Waals surface area contributed by atoms with Crippen LogP contribution in [0.5, 0.6) is 5.75 Å². The Bertz CT molecular complexity index is 1170. The molecule has 0 saturated carbocycles. The van der Waals surface area contributed by atoms with E-state index in [1.54, 1.807) is 0 Å². The predicted molar refractivity (Wildman–Crippen MR) is 162 cm³/mol. The number of aliphatic carboxylic acids is 1. The molecule has 8 heteroatoms. The lowest BCUT2D eigenvalue weighted by molar-refractivity contribution is -0.143. The Morgan fingerprint density at radius 3 is 2.73 bits per heavy atom. The van der Waals surface area contributed by atoms with Crippen LogP contribution in [0.15, 0.2) is 24.3 Å². The molecule has 2 aliphatic rings. The summed E-state index contributed by atoms with van der Waals surface area (Å²) in [6.45, 7) is 12.7. The van der Waals surface area contributed by atoms with Gasteiger partial charge in [0.2, 0.25) is 0 Å². The third-order valence-electron chi connectivity index (χ3n) is 8.50. The molecule has 1 unspecified atom stereocenters. The van der Waals surface area contributed by atoms with Crippen molar-refractivity contribution in [3.8, 4) is 5.75 Å². The molecular formula is C33H49FN4O3. The normalized spacial score (nSPS) is 18.1. The van der Waals surface area contributed by atoms with Crippen molar-refractivity contribution in [2.45, 2.75) is 90.6 Å². The summed E-state index contributed by atoms with van der Waals surface area (Å²) in [4.78, 5) is 22.0. The van der Waals surface area contributed by atoms with E-state index in [-0.39, 0.29) is 17.7 Å². The molecule has 226 valence electrons. The molecule has 0 amide bonds. The number of halogens is 1. The summed E-state index contributed by atoms with van der Waals surface area (Å²) in [5, 5.41) is 13.7. The molecule has 2 aromatic rings. The van der Waals surface area contributed by atoms with Crippen LogP contribution in [-0.2, 0) is 17.6 Å². The highest BCUT2D eigenvalue weighted by atomic mass is 19.1. The first-order valence-corrected chi connectivity index (χ1v) is 15.5. The monoisotopic (exact) mass is 568 g/mol. The van der Waals surface area contributed by atoms with Gasteiger partial charge in [-0.15, -0.1) is 0 Å². The number of nitrogens with one attached hydrogen (secondary N) is 1. The number of hydrogen-bond donors (Lipinski definition) is 2. The van der Waals surface area contributed by atoms with Gasteiger partial charge in [-0.25, -0.2) is 9.37 Å². The Morgan fingerprint density at radius 1 is 1.22 bits per heavy atom. The smallest absolute Gasteiger partial charge is 0.325 e. The molecule has 1 fully saturated rings. The van der Waals surface area contributed by atoms with E-state index >= 15 is 0 Å². The van der Waals surface area contributed by atoms with Crippen LogP contribution >= 0.6 is 0 Å². The van der Waals surface area contributed by atoms with E-state index in [4.69, 9.17) is 9.72 Å². The number of likely N-dealkylation sites (tertiary alicyclic amines) is 1. The number of methoxy groups -OCH3 is 1. The minimum atomic E-state index is -0.967. The highest BCUT2D eigenvalue weighted by Gasteiger charge is 2.38. The lowest BCUT2D eigenvalue weighted by Crippen LogP contribution is -2.42. The van der Waals surface area contributed by atoms with Gasteiger partial charge in [-0.05, 0) is 86.2 Å². The molecular weight excluding hydrogens is 519 g/mol. The number of pyridine rings is 1. The number of carbonyl (C=O) groups is 1. The molecule has 0 bridgehead atoms. The summed E-state index contributed by atoms with van der Waals surface area (Å²) in [6.07, 6.45) is 7.52. The third kappa shape index (κ3) is 7.98. The molecule has 2 atom stereocenters. The zero-order chi connectivity index (χ0) is 29.5. The van der Waals surface area contributed by atoms with Crippen LogP contribution in [0.1, 0.15) is 94.1 Å². The van der Waals surface area contributed by atoms with Crippen LogP contribution in [0, 0.1) is 11.7 Å². The fourth-order valence-corrected chi connectivity index (χ4v) is 6.37. The number of rotatable bonds is 14. The van der Waals surface area contributed by atoms with E-state index in [0.717, 1.165) is 75.2 Å². The van der Waals surface area contributed by atoms with Crippen molar-refractivity contribution >= 4 is 11.8 Å². The first-order chi connectivity index (χ1) is 19.7. The van der Waals surface area contributed by atoms with Crippen LogP contribution < -0.4 is 10.1 Å². The van der Waals surface area contributed by atoms with Gasteiger partial charge in [0, 0.05) is 43.5 Å².